The first-order chi connectivity index (χ1) is 11.1. The van der Waals surface area contributed by atoms with Crippen LogP contribution in [0.1, 0.15) is 36.0 Å². The molecule has 3 N–H and O–H groups in total. The Bertz CT molecular complexity index is 630. The van der Waals surface area contributed by atoms with Gasteiger partial charge in [-0.1, -0.05) is 18.2 Å². The normalized spacial score (nSPS) is 20.3. The number of benzene rings is 1. The summed E-state index contributed by atoms with van der Waals surface area (Å²) in [5.74, 6) is -0.242. The van der Waals surface area contributed by atoms with E-state index in [1.54, 1.807) is 0 Å². The van der Waals surface area contributed by atoms with Gasteiger partial charge >= 0.3 is 0 Å². The van der Waals surface area contributed by atoms with E-state index in [1.807, 2.05) is 0 Å². The largest absolute Gasteiger partial charge is 0.381 e. The summed E-state index contributed by atoms with van der Waals surface area (Å²) in [6.07, 6.45) is 4.97. The van der Waals surface area contributed by atoms with Crippen molar-refractivity contribution in [2.24, 2.45) is 5.73 Å². The summed E-state index contributed by atoms with van der Waals surface area (Å²) in [5.41, 5.74) is 9.14. The van der Waals surface area contributed by atoms with E-state index in [-0.39, 0.29) is 5.91 Å². The Labute approximate surface area is 136 Å². The number of fused-ring (bicyclic) bond motifs is 1. The molecule has 0 unspecified atom stereocenters. The van der Waals surface area contributed by atoms with Crippen molar-refractivity contribution in [2.45, 2.75) is 50.1 Å². The average molecular weight is 313 g/mol. The molecule has 0 radical (unpaired) electrons. The number of hydrogen-bond donors (Lipinski definition) is 2. The average Bonchev–Trinajstić information content (AvgIpc) is 3.02. The van der Waals surface area contributed by atoms with Crippen LogP contribution < -0.4 is 11.1 Å². The molecule has 1 heterocycles. The molecular formula is C18H23N3O2. The van der Waals surface area contributed by atoms with Crippen molar-refractivity contribution in [3.63, 3.8) is 0 Å². The van der Waals surface area contributed by atoms with Crippen LogP contribution >= 0.6 is 0 Å². The maximum absolute atomic E-state index is 12.4. The van der Waals surface area contributed by atoms with E-state index in [1.165, 1.54) is 17.5 Å². The molecule has 5 heteroatoms. The van der Waals surface area contributed by atoms with Crippen molar-refractivity contribution < 1.29 is 9.53 Å². The summed E-state index contributed by atoms with van der Waals surface area (Å²) in [5, 5.41) is 12.2. The molecule has 23 heavy (non-hydrogen) atoms. The minimum Gasteiger partial charge on any atom is -0.381 e. The van der Waals surface area contributed by atoms with E-state index >= 15 is 0 Å². The fourth-order valence-electron chi connectivity index (χ4n) is 3.38. The summed E-state index contributed by atoms with van der Waals surface area (Å²) in [6.45, 7) is 0.984. The zero-order valence-electron chi connectivity index (χ0n) is 13.3. The van der Waals surface area contributed by atoms with Gasteiger partial charge < -0.3 is 15.8 Å². The first-order valence-electron chi connectivity index (χ1n) is 8.29. The van der Waals surface area contributed by atoms with Crippen molar-refractivity contribution in [1.29, 1.82) is 5.26 Å². The van der Waals surface area contributed by atoms with Crippen LogP contribution in [0, 0.1) is 11.3 Å². The van der Waals surface area contributed by atoms with Gasteiger partial charge in [-0.3, -0.25) is 4.79 Å². The Morgan fingerprint density at radius 3 is 2.83 bits per heavy atom. The van der Waals surface area contributed by atoms with Crippen LogP contribution in [0.5, 0.6) is 0 Å². The molecule has 3 rings (SSSR count). The minimum atomic E-state index is -0.911. The van der Waals surface area contributed by atoms with E-state index in [0.29, 0.717) is 32.5 Å². The monoisotopic (exact) mass is 313 g/mol. The number of nitriles is 1. The number of nitrogens with one attached hydrogen (secondary N) is 1. The van der Waals surface area contributed by atoms with Crippen LogP contribution in [-0.4, -0.2) is 30.7 Å². The van der Waals surface area contributed by atoms with Gasteiger partial charge in [-0.15, -0.1) is 0 Å². The van der Waals surface area contributed by atoms with Crippen molar-refractivity contribution >= 4 is 5.91 Å². The second-order valence-corrected chi connectivity index (χ2v) is 6.58. The molecule has 0 aromatic heterocycles. The number of carbonyl (C=O) groups excluding carboxylic acids is 1. The summed E-state index contributed by atoms with van der Waals surface area (Å²) < 4.78 is 5.26. The van der Waals surface area contributed by atoms with Crippen molar-refractivity contribution in [3.05, 3.63) is 34.9 Å². The van der Waals surface area contributed by atoms with E-state index in [9.17, 15) is 10.1 Å². The molecule has 0 bridgehead atoms. The van der Waals surface area contributed by atoms with Crippen molar-refractivity contribution in [2.75, 3.05) is 13.2 Å². The lowest BCUT2D eigenvalue weighted by Gasteiger charge is -2.32. The topological polar surface area (TPSA) is 88.1 Å². The molecule has 1 amide bonds. The minimum absolute atomic E-state index is 0.242. The number of rotatable bonds is 4. The number of amides is 1. The lowest BCUT2D eigenvalue weighted by molar-refractivity contribution is -0.130. The molecule has 122 valence electrons. The first-order valence-corrected chi connectivity index (χ1v) is 8.29. The van der Waals surface area contributed by atoms with Gasteiger partial charge in [-0.05, 0) is 48.8 Å². The quantitative estimate of drug-likeness (QED) is 0.875. The highest BCUT2D eigenvalue weighted by atomic mass is 16.5. The van der Waals surface area contributed by atoms with E-state index in [2.05, 4.69) is 29.6 Å². The molecule has 0 spiro atoms. The number of ether oxygens (including phenoxy) is 1. The van der Waals surface area contributed by atoms with Crippen LogP contribution in [0.3, 0.4) is 0 Å². The molecule has 1 aromatic carbocycles. The number of nitrogens with zero attached hydrogens (tertiary/aromatic N) is 1. The lowest BCUT2D eigenvalue weighted by atomic mass is 9.90. The van der Waals surface area contributed by atoms with Crippen molar-refractivity contribution in [3.8, 4) is 6.07 Å². The SMILES string of the molecule is N#C[C@H](Cc1ccc2c(c1)CCC2)NC(=O)C1(N)CCOCC1. The van der Waals surface area contributed by atoms with Crippen LogP contribution in [0.15, 0.2) is 18.2 Å². The Hall–Kier alpha value is -1.90. The maximum atomic E-state index is 12.4. The maximum Gasteiger partial charge on any atom is 0.241 e. The standard InChI is InChI=1S/C18H23N3O2/c19-12-16(21-17(22)18(20)6-8-23-9-7-18)11-13-4-5-14-2-1-3-15(14)10-13/h4-5,10,16H,1-3,6-9,11,20H2,(H,21,22)/t16-/m0/s1. The summed E-state index contributed by atoms with van der Waals surface area (Å²) in [7, 11) is 0. The fourth-order valence-corrected chi connectivity index (χ4v) is 3.38. The zero-order valence-corrected chi connectivity index (χ0v) is 13.3. The third kappa shape index (κ3) is 3.54. The predicted molar refractivity (Wildman–Crippen MR) is 86.7 cm³/mol. The second-order valence-electron chi connectivity index (χ2n) is 6.58. The Morgan fingerprint density at radius 2 is 2.09 bits per heavy atom. The van der Waals surface area contributed by atoms with Gasteiger partial charge in [0.1, 0.15) is 6.04 Å². The molecule has 1 atom stereocenters. The molecular weight excluding hydrogens is 290 g/mol. The molecule has 0 saturated carbocycles. The first kappa shape index (κ1) is 16.0. The molecule has 2 aliphatic rings. The molecule has 1 saturated heterocycles. The number of hydrogen-bond acceptors (Lipinski definition) is 4. The molecule has 1 aromatic rings. The highest BCUT2D eigenvalue weighted by Gasteiger charge is 2.36. The van der Waals surface area contributed by atoms with Crippen LogP contribution in [0.2, 0.25) is 0 Å². The van der Waals surface area contributed by atoms with Gasteiger partial charge in [0.25, 0.3) is 0 Å². The third-order valence-corrected chi connectivity index (χ3v) is 4.90. The van der Waals surface area contributed by atoms with Gasteiger partial charge in [0, 0.05) is 19.6 Å². The van der Waals surface area contributed by atoms with E-state index < -0.39 is 11.6 Å². The van der Waals surface area contributed by atoms with Crippen LogP contribution in [0.25, 0.3) is 0 Å². The molecule has 1 aliphatic carbocycles. The number of carbonyl (C=O) groups is 1. The van der Waals surface area contributed by atoms with Crippen LogP contribution in [0.4, 0.5) is 0 Å². The molecule has 1 fully saturated rings. The Kier molecular flexibility index (Phi) is 4.65. The van der Waals surface area contributed by atoms with Gasteiger partial charge in [0.2, 0.25) is 5.91 Å². The predicted octanol–water partition coefficient (Wildman–Crippen LogP) is 1.23. The second kappa shape index (κ2) is 6.69. The fraction of sp³-hybridized carbons (Fsp3) is 0.556. The smallest absolute Gasteiger partial charge is 0.241 e. The summed E-state index contributed by atoms with van der Waals surface area (Å²) in [4.78, 5) is 12.4. The summed E-state index contributed by atoms with van der Waals surface area (Å²) in [6, 6.07) is 8.02. The highest BCUT2D eigenvalue weighted by Crippen LogP contribution is 2.23. The number of aryl methyl sites for hydroxylation is 2. The van der Waals surface area contributed by atoms with Gasteiger partial charge in [0.15, 0.2) is 0 Å². The Morgan fingerprint density at radius 1 is 1.35 bits per heavy atom. The zero-order chi connectivity index (χ0) is 16.3. The third-order valence-electron chi connectivity index (χ3n) is 4.90. The van der Waals surface area contributed by atoms with E-state index in [4.69, 9.17) is 10.5 Å². The van der Waals surface area contributed by atoms with E-state index in [0.717, 1.165) is 18.4 Å². The van der Waals surface area contributed by atoms with Crippen LogP contribution in [-0.2, 0) is 28.8 Å². The lowest BCUT2D eigenvalue weighted by Crippen LogP contribution is -2.58. The highest BCUT2D eigenvalue weighted by molar-refractivity contribution is 5.86. The van der Waals surface area contributed by atoms with Crippen molar-refractivity contribution in [1.82, 2.24) is 5.32 Å². The molecule has 5 nitrogen and oxygen atoms in total. The molecule has 1 aliphatic heterocycles. The van der Waals surface area contributed by atoms with Gasteiger partial charge in [-0.2, -0.15) is 5.26 Å². The van der Waals surface area contributed by atoms with Gasteiger partial charge in [-0.25, -0.2) is 0 Å². The summed E-state index contributed by atoms with van der Waals surface area (Å²) >= 11 is 0. The Balaban J connectivity index is 1.64. The number of nitrogens with two attached hydrogens (primary N) is 1. The van der Waals surface area contributed by atoms with Gasteiger partial charge in [0.05, 0.1) is 11.6 Å².